The average Bonchev–Trinajstić information content (AvgIpc) is 2.53. The van der Waals surface area contributed by atoms with Crippen molar-refractivity contribution in [3.05, 3.63) is 59.8 Å². The Labute approximate surface area is 124 Å². The number of ether oxygens (including phenoxy) is 1. The topological polar surface area (TPSA) is 77.2 Å². The second-order valence-corrected chi connectivity index (χ2v) is 4.72. The summed E-state index contributed by atoms with van der Waals surface area (Å²) in [7, 11) is 1.56. The Morgan fingerprint density at radius 3 is 2.76 bits per heavy atom. The van der Waals surface area contributed by atoms with E-state index in [9.17, 15) is 4.79 Å². The molecule has 1 amide bonds. The molecule has 0 unspecified atom stereocenters. The number of carbonyl (C=O) groups is 1. The molecule has 21 heavy (non-hydrogen) atoms. The van der Waals surface area contributed by atoms with E-state index in [4.69, 9.17) is 10.5 Å². The number of nitrogens with zero attached hydrogens (tertiary/aromatic N) is 1. The van der Waals surface area contributed by atoms with Crippen molar-refractivity contribution >= 4 is 5.91 Å². The summed E-state index contributed by atoms with van der Waals surface area (Å²) in [6.07, 6.45) is 2.16. The molecule has 5 heteroatoms. The third-order valence-electron chi connectivity index (χ3n) is 3.11. The van der Waals surface area contributed by atoms with E-state index in [1.54, 1.807) is 19.4 Å². The number of benzene rings is 1. The van der Waals surface area contributed by atoms with Crippen molar-refractivity contribution in [3.63, 3.8) is 0 Å². The molecule has 1 heterocycles. The van der Waals surface area contributed by atoms with Crippen LogP contribution < -0.4 is 15.8 Å². The van der Waals surface area contributed by atoms with Gasteiger partial charge in [-0.2, -0.15) is 0 Å². The first-order valence-electron chi connectivity index (χ1n) is 6.75. The van der Waals surface area contributed by atoms with E-state index in [0.717, 1.165) is 11.1 Å². The standard InChI is InChI=1S/C16H19N3O2/c1-21-15-10-13(7-8-18-15)11-19-16(20)14(17)9-12-5-3-2-4-6-12/h2-8,10,14H,9,11,17H2,1H3,(H,19,20)/t14-/m1/s1. The smallest absolute Gasteiger partial charge is 0.237 e. The third kappa shape index (κ3) is 4.57. The fourth-order valence-electron chi connectivity index (χ4n) is 1.95. The van der Waals surface area contributed by atoms with Crippen LogP contribution in [0.2, 0.25) is 0 Å². The zero-order valence-electron chi connectivity index (χ0n) is 12.0. The van der Waals surface area contributed by atoms with Gasteiger partial charge in [0, 0.05) is 18.8 Å². The Bertz CT molecular complexity index is 587. The van der Waals surface area contributed by atoms with E-state index in [1.165, 1.54) is 0 Å². The zero-order valence-corrected chi connectivity index (χ0v) is 12.0. The van der Waals surface area contributed by atoms with Gasteiger partial charge in [0.2, 0.25) is 11.8 Å². The van der Waals surface area contributed by atoms with Crippen LogP contribution in [-0.2, 0) is 17.8 Å². The highest BCUT2D eigenvalue weighted by atomic mass is 16.5. The van der Waals surface area contributed by atoms with E-state index in [0.29, 0.717) is 18.8 Å². The molecule has 1 atom stereocenters. The third-order valence-corrected chi connectivity index (χ3v) is 3.11. The first kappa shape index (κ1) is 15.0. The number of aromatic nitrogens is 1. The number of nitrogens with one attached hydrogen (secondary N) is 1. The second-order valence-electron chi connectivity index (χ2n) is 4.72. The number of hydrogen-bond acceptors (Lipinski definition) is 4. The fraction of sp³-hybridized carbons (Fsp3) is 0.250. The molecular formula is C16H19N3O2. The Hall–Kier alpha value is -2.40. The molecule has 0 aliphatic rings. The fourth-order valence-corrected chi connectivity index (χ4v) is 1.95. The molecule has 3 N–H and O–H groups in total. The highest BCUT2D eigenvalue weighted by Gasteiger charge is 2.13. The largest absolute Gasteiger partial charge is 0.481 e. The predicted molar refractivity (Wildman–Crippen MR) is 80.8 cm³/mol. The van der Waals surface area contributed by atoms with Crippen LogP contribution >= 0.6 is 0 Å². The maximum absolute atomic E-state index is 12.0. The molecule has 5 nitrogen and oxygen atoms in total. The van der Waals surface area contributed by atoms with E-state index in [-0.39, 0.29) is 5.91 Å². The van der Waals surface area contributed by atoms with Crippen LogP contribution in [0.25, 0.3) is 0 Å². The normalized spacial score (nSPS) is 11.7. The van der Waals surface area contributed by atoms with Gasteiger partial charge in [-0.05, 0) is 23.6 Å². The van der Waals surface area contributed by atoms with Crippen molar-refractivity contribution < 1.29 is 9.53 Å². The maximum atomic E-state index is 12.0. The van der Waals surface area contributed by atoms with E-state index < -0.39 is 6.04 Å². The van der Waals surface area contributed by atoms with Gasteiger partial charge >= 0.3 is 0 Å². The number of methoxy groups -OCH3 is 1. The van der Waals surface area contributed by atoms with E-state index in [1.807, 2.05) is 36.4 Å². The van der Waals surface area contributed by atoms with Crippen molar-refractivity contribution in [2.24, 2.45) is 5.73 Å². The minimum Gasteiger partial charge on any atom is -0.481 e. The molecule has 0 radical (unpaired) electrons. The van der Waals surface area contributed by atoms with Crippen molar-refractivity contribution in [3.8, 4) is 5.88 Å². The van der Waals surface area contributed by atoms with Crippen LogP contribution in [0, 0.1) is 0 Å². The Kier molecular flexibility index (Phi) is 5.29. The molecular weight excluding hydrogens is 266 g/mol. The van der Waals surface area contributed by atoms with Crippen molar-refractivity contribution in [2.45, 2.75) is 19.0 Å². The van der Waals surface area contributed by atoms with Gasteiger partial charge in [-0.15, -0.1) is 0 Å². The molecule has 0 fully saturated rings. The van der Waals surface area contributed by atoms with Gasteiger partial charge in [0.1, 0.15) is 0 Å². The summed E-state index contributed by atoms with van der Waals surface area (Å²) in [5.41, 5.74) is 7.89. The number of carbonyl (C=O) groups excluding carboxylic acids is 1. The molecule has 0 aliphatic heterocycles. The minimum absolute atomic E-state index is 0.172. The zero-order chi connectivity index (χ0) is 15.1. The highest BCUT2D eigenvalue weighted by molar-refractivity contribution is 5.81. The molecule has 0 saturated heterocycles. The van der Waals surface area contributed by atoms with Crippen LogP contribution in [-0.4, -0.2) is 24.0 Å². The molecule has 2 aromatic rings. The lowest BCUT2D eigenvalue weighted by Gasteiger charge is -2.12. The monoisotopic (exact) mass is 285 g/mol. The summed E-state index contributed by atoms with van der Waals surface area (Å²) in [6, 6.07) is 12.8. The van der Waals surface area contributed by atoms with Gasteiger partial charge in [-0.1, -0.05) is 30.3 Å². The quantitative estimate of drug-likeness (QED) is 0.838. The Morgan fingerprint density at radius 2 is 2.05 bits per heavy atom. The molecule has 0 spiro atoms. The molecule has 1 aromatic heterocycles. The first-order valence-corrected chi connectivity index (χ1v) is 6.75. The lowest BCUT2D eigenvalue weighted by Crippen LogP contribution is -2.41. The van der Waals surface area contributed by atoms with Crippen LogP contribution in [0.1, 0.15) is 11.1 Å². The maximum Gasteiger partial charge on any atom is 0.237 e. The second kappa shape index (κ2) is 7.40. The SMILES string of the molecule is COc1cc(CNC(=O)[C@H](N)Cc2ccccc2)ccn1. The van der Waals surface area contributed by atoms with Crippen molar-refractivity contribution in [1.29, 1.82) is 0 Å². The van der Waals surface area contributed by atoms with Gasteiger partial charge < -0.3 is 15.8 Å². The summed E-state index contributed by atoms with van der Waals surface area (Å²) in [4.78, 5) is 16.0. The Balaban J connectivity index is 1.86. The number of rotatable bonds is 6. The average molecular weight is 285 g/mol. The summed E-state index contributed by atoms with van der Waals surface area (Å²) in [5, 5.41) is 2.82. The Morgan fingerprint density at radius 1 is 1.29 bits per heavy atom. The molecule has 2 rings (SSSR count). The van der Waals surface area contributed by atoms with Crippen molar-refractivity contribution in [2.75, 3.05) is 7.11 Å². The highest BCUT2D eigenvalue weighted by Crippen LogP contribution is 2.08. The number of pyridine rings is 1. The van der Waals surface area contributed by atoms with Crippen LogP contribution in [0.5, 0.6) is 5.88 Å². The lowest BCUT2D eigenvalue weighted by atomic mass is 10.1. The van der Waals surface area contributed by atoms with Gasteiger partial charge in [-0.3, -0.25) is 4.79 Å². The molecule has 0 aliphatic carbocycles. The van der Waals surface area contributed by atoms with Gasteiger partial charge in [0.25, 0.3) is 0 Å². The van der Waals surface area contributed by atoms with E-state index in [2.05, 4.69) is 10.3 Å². The molecule has 0 saturated carbocycles. The van der Waals surface area contributed by atoms with Crippen molar-refractivity contribution in [1.82, 2.24) is 10.3 Å². The summed E-state index contributed by atoms with van der Waals surface area (Å²) in [5.74, 6) is 0.352. The van der Waals surface area contributed by atoms with Gasteiger partial charge in [0.05, 0.1) is 13.2 Å². The predicted octanol–water partition coefficient (Wildman–Crippen LogP) is 1.28. The molecule has 1 aromatic carbocycles. The summed E-state index contributed by atoms with van der Waals surface area (Å²) < 4.78 is 5.04. The van der Waals surface area contributed by atoms with Gasteiger partial charge in [-0.25, -0.2) is 4.98 Å². The molecule has 110 valence electrons. The number of nitrogens with two attached hydrogens (primary N) is 1. The number of hydrogen-bond donors (Lipinski definition) is 2. The minimum atomic E-state index is -0.559. The van der Waals surface area contributed by atoms with E-state index >= 15 is 0 Å². The van der Waals surface area contributed by atoms with Crippen LogP contribution in [0.4, 0.5) is 0 Å². The number of amides is 1. The van der Waals surface area contributed by atoms with Crippen LogP contribution in [0.3, 0.4) is 0 Å². The van der Waals surface area contributed by atoms with Gasteiger partial charge in [0.15, 0.2) is 0 Å². The van der Waals surface area contributed by atoms with Crippen LogP contribution in [0.15, 0.2) is 48.7 Å². The molecule has 0 bridgehead atoms. The summed E-state index contributed by atoms with van der Waals surface area (Å²) >= 11 is 0. The summed E-state index contributed by atoms with van der Waals surface area (Å²) in [6.45, 7) is 0.403. The lowest BCUT2D eigenvalue weighted by molar-refractivity contribution is -0.122. The first-order chi connectivity index (χ1) is 10.2.